The Morgan fingerprint density at radius 2 is 1.67 bits per heavy atom. The Bertz CT molecular complexity index is 207. The van der Waals surface area contributed by atoms with Gasteiger partial charge in [0, 0.05) is 11.8 Å². The fourth-order valence-electron chi connectivity index (χ4n) is 0.486. The first-order valence-electron chi connectivity index (χ1n) is 2.81. The van der Waals surface area contributed by atoms with Crippen molar-refractivity contribution in [2.45, 2.75) is 12.5 Å². The third-order valence-corrected chi connectivity index (χ3v) is 2.72. The maximum Gasteiger partial charge on any atom is 1.00 e. The van der Waals surface area contributed by atoms with E-state index in [9.17, 15) is 13.0 Å². The van der Waals surface area contributed by atoms with E-state index in [1.165, 1.54) is 0 Å². The maximum atomic E-state index is 9.93. The second kappa shape index (κ2) is 6.19. The molecule has 0 saturated carbocycles. The number of hydrogen-bond donors (Lipinski definition) is 3. The Hall–Kier alpha value is 1.64. The Morgan fingerprint density at radius 1 is 1.25 bits per heavy atom. The zero-order valence-electron chi connectivity index (χ0n) is 6.60. The molecule has 0 unspecified atom stereocenters. The molecule has 0 aliphatic carbocycles. The SMILES string of the molecule is O=S(=O)([O-])CCC[Si](O)(O)O.[K+]. The standard InChI is InChI=1S/C3H10O6SSi.K/c4-10(5,6)2-1-3-11(7,8)9;/h7-9H,1-3H2,(H,4,5,6);/q;+1/p-1. The molecule has 0 radical (unpaired) electrons. The topological polar surface area (TPSA) is 118 Å². The average molecular weight is 240 g/mol. The molecule has 9 heteroatoms. The van der Waals surface area contributed by atoms with Gasteiger partial charge in [-0.1, -0.05) is 0 Å². The van der Waals surface area contributed by atoms with Gasteiger partial charge in [0.25, 0.3) is 0 Å². The summed E-state index contributed by atoms with van der Waals surface area (Å²) in [6, 6.07) is -0.422. The molecular weight excluding hydrogens is 231 g/mol. The molecule has 0 aliphatic rings. The summed E-state index contributed by atoms with van der Waals surface area (Å²) < 4.78 is 29.8. The molecule has 6 nitrogen and oxygen atoms in total. The zero-order valence-corrected chi connectivity index (χ0v) is 11.5. The van der Waals surface area contributed by atoms with E-state index in [-0.39, 0.29) is 57.8 Å². The molecule has 0 saturated heterocycles. The molecule has 0 aromatic carbocycles. The smallest absolute Gasteiger partial charge is 0.748 e. The summed E-state index contributed by atoms with van der Waals surface area (Å²) in [4.78, 5) is 25.1. The molecule has 0 rings (SSSR count). The molecule has 0 amide bonds. The van der Waals surface area contributed by atoms with E-state index in [1.54, 1.807) is 0 Å². The van der Waals surface area contributed by atoms with Gasteiger partial charge in [0.15, 0.2) is 0 Å². The van der Waals surface area contributed by atoms with E-state index in [4.69, 9.17) is 14.4 Å². The summed E-state index contributed by atoms with van der Waals surface area (Å²) in [7, 11) is -8.47. The zero-order chi connectivity index (χ0) is 9.12. The predicted molar refractivity (Wildman–Crippen MR) is 36.4 cm³/mol. The van der Waals surface area contributed by atoms with Gasteiger partial charge in [-0.15, -0.1) is 0 Å². The molecule has 0 aromatic rings. The summed E-state index contributed by atoms with van der Waals surface area (Å²) in [5.41, 5.74) is 0. The van der Waals surface area contributed by atoms with Crippen LogP contribution in [0.2, 0.25) is 6.04 Å². The van der Waals surface area contributed by atoms with Gasteiger partial charge >= 0.3 is 60.2 Å². The van der Waals surface area contributed by atoms with E-state index in [0.29, 0.717) is 0 Å². The molecule has 68 valence electrons. The fraction of sp³-hybridized carbons (Fsp3) is 1.00. The van der Waals surface area contributed by atoms with Gasteiger partial charge in [-0.05, 0) is 6.42 Å². The second-order valence-corrected chi connectivity index (χ2v) is 5.71. The number of hydrogen-bond acceptors (Lipinski definition) is 6. The molecule has 0 heterocycles. The molecule has 3 N–H and O–H groups in total. The van der Waals surface area contributed by atoms with Gasteiger partial charge in [-0.25, -0.2) is 8.42 Å². The molecule has 0 aromatic heterocycles. The van der Waals surface area contributed by atoms with Gasteiger partial charge in [0.1, 0.15) is 0 Å². The Balaban J connectivity index is 0. The van der Waals surface area contributed by atoms with Crippen LogP contribution in [-0.2, 0) is 10.1 Å². The van der Waals surface area contributed by atoms with Crippen LogP contribution in [0.25, 0.3) is 0 Å². The van der Waals surface area contributed by atoms with Crippen LogP contribution in [0.1, 0.15) is 6.42 Å². The molecule has 0 spiro atoms. The minimum absolute atomic E-state index is 0. The molecule has 0 aliphatic heterocycles. The minimum Gasteiger partial charge on any atom is -0.748 e. The third-order valence-electron chi connectivity index (χ3n) is 0.907. The largest absolute Gasteiger partial charge is 1.00 e. The van der Waals surface area contributed by atoms with Crippen LogP contribution >= 0.6 is 0 Å². The predicted octanol–water partition coefficient (Wildman–Crippen LogP) is -5.16. The first kappa shape index (κ1) is 16.1. The summed E-state index contributed by atoms with van der Waals surface area (Å²) in [5, 5.41) is 0. The van der Waals surface area contributed by atoms with Crippen molar-refractivity contribution >= 4 is 18.9 Å². The molecule has 0 atom stereocenters. The normalized spacial score (nSPS) is 12.3. The van der Waals surface area contributed by atoms with Crippen molar-refractivity contribution in [2.24, 2.45) is 0 Å². The van der Waals surface area contributed by atoms with Crippen molar-refractivity contribution in [1.82, 2.24) is 0 Å². The van der Waals surface area contributed by atoms with Crippen molar-refractivity contribution in [3.63, 3.8) is 0 Å². The molecule has 0 bridgehead atoms. The summed E-state index contributed by atoms with van der Waals surface area (Å²) in [5.74, 6) is -0.677. The van der Waals surface area contributed by atoms with E-state index >= 15 is 0 Å². The van der Waals surface area contributed by atoms with Gasteiger partial charge in [0.2, 0.25) is 0 Å². The Morgan fingerprint density at radius 3 is 1.92 bits per heavy atom. The quantitative estimate of drug-likeness (QED) is 0.334. The average Bonchev–Trinajstić information content (AvgIpc) is 1.55. The third kappa shape index (κ3) is 14.2. The summed E-state index contributed by atoms with van der Waals surface area (Å²) in [6.45, 7) is 0. The van der Waals surface area contributed by atoms with Gasteiger partial charge in [-0.2, -0.15) is 0 Å². The summed E-state index contributed by atoms with van der Waals surface area (Å²) in [6.07, 6.45) is -0.221. The van der Waals surface area contributed by atoms with E-state index in [0.717, 1.165) is 0 Å². The Labute approximate surface area is 114 Å². The first-order valence-corrected chi connectivity index (χ1v) is 6.44. The molecular formula is C3H9KO6SSi. The molecule has 0 fully saturated rings. The summed E-state index contributed by atoms with van der Waals surface area (Å²) >= 11 is 0. The monoisotopic (exact) mass is 240 g/mol. The second-order valence-electron chi connectivity index (χ2n) is 2.14. The van der Waals surface area contributed by atoms with Crippen LogP contribution in [0, 0.1) is 0 Å². The van der Waals surface area contributed by atoms with E-state index in [1.807, 2.05) is 0 Å². The Kier molecular flexibility index (Phi) is 8.30. The van der Waals surface area contributed by atoms with Crippen molar-refractivity contribution in [3.8, 4) is 0 Å². The van der Waals surface area contributed by atoms with Gasteiger partial charge in [-0.3, -0.25) is 0 Å². The minimum atomic E-state index is -4.31. The molecule has 12 heavy (non-hydrogen) atoms. The first-order chi connectivity index (χ1) is 4.71. The van der Waals surface area contributed by atoms with Crippen LogP contribution in [0.4, 0.5) is 0 Å². The number of rotatable bonds is 4. The van der Waals surface area contributed by atoms with Crippen LogP contribution < -0.4 is 51.4 Å². The van der Waals surface area contributed by atoms with Crippen LogP contribution in [0.3, 0.4) is 0 Å². The maximum absolute atomic E-state index is 9.93. The van der Waals surface area contributed by atoms with Crippen LogP contribution in [0.5, 0.6) is 0 Å². The van der Waals surface area contributed by atoms with Crippen molar-refractivity contribution < 1.29 is 78.7 Å². The van der Waals surface area contributed by atoms with E-state index < -0.39 is 30.7 Å². The van der Waals surface area contributed by atoms with Crippen LogP contribution in [-0.4, -0.2) is 41.9 Å². The van der Waals surface area contributed by atoms with Gasteiger partial charge < -0.3 is 18.9 Å². The van der Waals surface area contributed by atoms with Crippen molar-refractivity contribution in [2.75, 3.05) is 5.75 Å². The van der Waals surface area contributed by atoms with Gasteiger partial charge in [0.05, 0.1) is 10.1 Å². The van der Waals surface area contributed by atoms with Crippen molar-refractivity contribution in [3.05, 3.63) is 0 Å². The van der Waals surface area contributed by atoms with E-state index in [2.05, 4.69) is 0 Å². The fourth-order valence-corrected chi connectivity index (χ4v) is 1.89. The van der Waals surface area contributed by atoms with Crippen molar-refractivity contribution in [1.29, 1.82) is 0 Å². The van der Waals surface area contributed by atoms with Crippen LogP contribution in [0.15, 0.2) is 0 Å².